The van der Waals surface area contributed by atoms with Crippen LogP contribution in [-0.4, -0.2) is 21.8 Å². The molecule has 2 N–H and O–H groups in total. The van der Waals surface area contributed by atoms with Crippen molar-refractivity contribution < 1.29 is 55.4 Å². The summed E-state index contributed by atoms with van der Waals surface area (Å²) < 4.78 is 97.6. The summed E-state index contributed by atoms with van der Waals surface area (Å²) in [6.45, 7) is 0. The Morgan fingerprint density at radius 1 is 0.739 bits per heavy atom. The van der Waals surface area contributed by atoms with Crippen LogP contribution < -0.4 is 0 Å². The van der Waals surface area contributed by atoms with E-state index >= 15 is 0 Å². The summed E-state index contributed by atoms with van der Waals surface area (Å²) in [6.07, 6.45) is 1.04. The molecule has 0 aromatic heterocycles. The van der Waals surface area contributed by atoms with Crippen molar-refractivity contribution in [1.82, 2.24) is 0 Å². The van der Waals surface area contributed by atoms with E-state index in [2.05, 4.69) is 9.46 Å². The molecule has 4 rings (SSSR count). The van der Waals surface area contributed by atoms with E-state index in [1.165, 1.54) is 48.2 Å². The van der Waals surface area contributed by atoms with E-state index in [0.29, 0.717) is 16.7 Å². The van der Waals surface area contributed by atoms with Crippen LogP contribution in [0.4, 0.5) is 22.2 Å². The first-order valence-corrected chi connectivity index (χ1v) is 18.0. The van der Waals surface area contributed by atoms with Gasteiger partial charge in [-0.05, 0) is 86.8 Å². The van der Waals surface area contributed by atoms with Crippen molar-refractivity contribution in [2.24, 2.45) is 0 Å². The second kappa shape index (κ2) is 14.3. The zero-order valence-electron chi connectivity index (χ0n) is 24.0. The number of benzene rings is 4. The van der Waals surface area contributed by atoms with Crippen LogP contribution in [0.25, 0.3) is 0 Å². The van der Waals surface area contributed by atoms with E-state index in [4.69, 9.17) is 9.79 Å². The first-order valence-electron chi connectivity index (χ1n) is 13.4. The fourth-order valence-electron chi connectivity index (χ4n) is 5.08. The molecule has 0 spiro atoms. The average molecular weight is 701 g/mol. The van der Waals surface area contributed by atoms with Crippen LogP contribution in [0.5, 0.6) is 0 Å². The van der Waals surface area contributed by atoms with Gasteiger partial charge in [0.15, 0.2) is 5.78 Å². The van der Waals surface area contributed by atoms with Gasteiger partial charge in [-0.1, -0.05) is 60.7 Å². The fourth-order valence-corrected chi connectivity index (χ4v) is 6.75. The van der Waals surface area contributed by atoms with Crippen molar-refractivity contribution in [1.29, 1.82) is 0 Å². The lowest BCUT2D eigenvalue weighted by Gasteiger charge is -2.34. The lowest BCUT2D eigenvalue weighted by Crippen LogP contribution is -2.40. The minimum absolute atomic E-state index is 0.0145. The number of ketones is 1. The molecule has 15 heteroatoms. The van der Waals surface area contributed by atoms with Gasteiger partial charge in [-0.2, -0.15) is 8.78 Å². The molecule has 0 fully saturated rings. The van der Waals surface area contributed by atoms with E-state index < -0.39 is 49.6 Å². The van der Waals surface area contributed by atoms with Crippen LogP contribution in [0.15, 0.2) is 102 Å². The summed E-state index contributed by atoms with van der Waals surface area (Å²) in [7, 11) is -10.5. The molecule has 4 aromatic rings. The Balaban J connectivity index is 1.85. The van der Waals surface area contributed by atoms with Crippen molar-refractivity contribution in [3.05, 3.63) is 136 Å². The predicted octanol–water partition coefficient (Wildman–Crippen LogP) is 8.88. The van der Waals surface area contributed by atoms with Gasteiger partial charge in [-0.25, -0.2) is 4.39 Å². The summed E-state index contributed by atoms with van der Waals surface area (Å²) in [5.41, 5.74) is -5.03. The molecule has 4 aromatic carbocycles. The molecule has 0 saturated heterocycles. The highest BCUT2D eigenvalue weighted by Gasteiger charge is 2.50. The Bertz CT molecular complexity index is 1740. The summed E-state index contributed by atoms with van der Waals surface area (Å²) in [5, 5.41) is 0. The van der Waals surface area contributed by atoms with E-state index in [9.17, 15) is 36.1 Å². The Labute approximate surface area is 265 Å². The predicted molar refractivity (Wildman–Crippen MR) is 163 cm³/mol. The van der Waals surface area contributed by atoms with Crippen LogP contribution in [0.1, 0.15) is 38.2 Å². The maximum atomic E-state index is 14.5. The number of hydrogen-bond donors (Lipinski definition) is 2. The number of carbonyl (C=O) groups excluding carboxylic acids is 1. The van der Waals surface area contributed by atoms with Crippen molar-refractivity contribution in [3.8, 4) is 0 Å². The molecule has 0 aliphatic rings. The Kier molecular flexibility index (Phi) is 11.1. The number of thioether (sulfide) groups is 1. The number of carbonyl (C=O) groups is 1. The Morgan fingerprint density at radius 2 is 1.20 bits per heavy atom. The van der Waals surface area contributed by atoms with Crippen molar-refractivity contribution in [3.63, 3.8) is 0 Å². The largest absolute Gasteiger partial charge is 0.399 e. The van der Waals surface area contributed by atoms with Gasteiger partial charge in [-0.15, -0.1) is 21.2 Å². The topological polar surface area (TPSA) is 110 Å². The monoisotopic (exact) mass is 700 g/mol. The maximum Gasteiger partial charge on any atom is 0.399 e. The first-order chi connectivity index (χ1) is 21.7. The molecule has 0 aliphatic carbocycles. The third kappa shape index (κ3) is 7.86. The number of alkyl halides is 2. The van der Waals surface area contributed by atoms with Crippen LogP contribution in [0.2, 0.25) is 0 Å². The molecular formula is C31H27F5O7P2S. The number of rotatable bonds is 14. The van der Waals surface area contributed by atoms with Gasteiger partial charge in [-0.3, -0.25) is 13.9 Å². The van der Waals surface area contributed by atoms with Gasteiger partial charge < -0.3 is 9.79 Å². The van der Waals surface area contributed by atoms with Gasteiger partial charge in [0, 0.05) is 16.0 Å². The maximum absolute atomic E-state index is 14.5. The standard InChI is InChI=1S/C31H27F5O7P2S/c1-46-28-16-12-25(13-17-28)30(29(37)24-8-14-27(32)15-9-24,18-21-2-4-23(5-3-21)20-44(38,42-35)43-36)19-22-6-10-26(11-7-22)31(33,34)45(39,40)41/h2-17H,18-20H2,1H3,(H2,39,40,41). The molecule has 244 valence electrons. The molecule has 0 amide bonds. The molecule has 46 heavy (non-hydrogen) atoms. The summed E-state index contributed by atoms with van der Waals surface area (Å²) in [6, 6.07) is 22.1. The quantitative estimate of drug-likeness (QED) is 0.0581. The minimum atomic E-state index is -5.82. The first kappa shape index (κ1) is 35.7. The minimum Gasteiger partial charge on any atom is -0.320 e. The fraction of sp³-hybridized carbons (Fsp3) is 0.194. The SMILES string of the molecule is CSc1ccc(C(Cc2ccc(CP(=O)(OF)OF)cc2)(Cc2ccc(C(F)(F)P(=O)(O)O)cc2)C(=O)c2ccc(F)cc2)cc1. The van der Waals surface area contributed by atoms with E-state index in [1.807, 2.05) is 6.26 Å². The number of halogens is 5. The summed E-state index contributed by atoms with van der Waals surface area (Å²) >= 11 is 1.46. The third-order valence-corrected chi connectivity index (χ3v) is 10.4. The molecule has 1 unspecified atom stereocenters. The smallest absolute Gasteiger partial charge is 0.320 e. The van der Waals surface area contributed by atoms with Crippen molar-refractivity contribution in [2.45, 2.75) is 35.0 Å². The van der Waals surface area contributed by atoms with Crippen LogP contribution in [0, 0.1) is 5.82 Å². The van der Waals surface area contributed by atoms with Crippen LogP contribution in [0.3, 0.4) is 0 Å². The van der Waals surface area contributed by atoms with Crippen LogP contribution in [-0.2, 0) is 48.7 Å². The normalized spacial score (nSPS) is 13.7. The van der Waals surface area contributed by atoms with Gasteiger partial charge in [0.05, 0.1) is 11.6 Å². The second-order valence-electron chi connectivity index (χ2n) is 10.5. The highest BCUT2D eigenvalue weighted by atomic mass is 32.2. The van der Waals surface area contributed by atoms with E-state index in [-0.39, 0.29) is 24.0 Å². The molecular weight excluding hydrogens is 673 g/mol. The molecule has 0 bridgehead atoms. The molecule has 1 atom stereocenters. The van der Waals surface area contributed by atoms with E-state index in [0.717, 1.165) is 29.2 Å². The number of hydrogen-bond acceptors (Lipinski definition) is 6. The highest BCUT2D eigenvalue weighted by Crippen LogP contribution is 2.59. The average Bonchev–Trinajstić information content (AvgIpc) is 3.05. The Hall–Kier alpha value is -3.15. The van der Waals surface area contributed by atoms with E-state index in [1.54, 1.807) is 36.4 Å². The molecule has 0 aliphatic heterocycles. The third-order valence-electron chi connectivity index (χ3n) is 7.47. The van der Waals surface area contributed by atoms with Gasteiger partial charge in [0.25, 0.3) is 0 Å². The van der Waals surface area contributed by atoms with Crippen LogP contribution >= 0.6 is 27.0 Å². The lowest BCUT2D eigenvalue weighted by atomic mass is 9.67. The summed E-state index contributed by atoms with van der Waals surface area (Å²) in [5.74, 6) is -1.02. The molecule has 0 heterocycles. The van der Waals surface area contributed by atoms with Gasteiger partial charge in [0.2, 0.25) is 0 Å². The van der Waals surface area contributed by atoms with Crippen molar-refractivity contribution >= 4 is 32.7 Å². The summed E-state index contributed by atoms with van der Waals surface area (Å²) in [4.78, 5) is 33.7. The second-order valence-corrected chi connectivity index (χ2v) is 14.8. The zero-order valence-corrected chi connectivity index (χ0v) is 26.6. The molecule has 0 saturated carbocycles. The number of Topliss-reactive ketones (excluding diaryl/α,β-unsaturated/α-hetero) is 1. The molecule has 0 radical (unpaired) electrons. The lowest BCUT2D eigenvalue weighted by molar-refractivity contribution is -0.0881. The zero-order chi connectivity index (χ0) is 33.8. The molecule has 7 nitrogen and oxygen atoms in total. The highest BCUT2D eigenvalue weighted by molar-refractivity contribution is 7.98. The van der Waals surface area contributed by atoms with Gasteiger partial charge in [0.1, 0.15) is 5.82 Å². The van der Waals surface area contributed by atoms with Crippen molar-refractivity contribution in [2.75, 3.05) is 6.26 Å². The Morgan fingerprint density at radius 3 is 1.65 bits per heavy atom. The van der Waals surface area contributed by atoms with Gasteiger partial charge >= 0.3 is 20.9 Å².